The van der Waals surface area contributed by atoms with Gasteiger partial charge in [-0.15, -0.1) is 0 Å². The van der Waals surface area contributed by atoms with Crippen molar-refractivity contribution in [2.24, 2.45) is 0 Å². The number of rotatable bonds is 1. The number of halogens is 2. The van der Waals surface area contributed by atoms with Crippen LogP contribution in [-0.4, -0.2) is 13.6 Å². The molecule has 62 valence electrons. The molecule has 0 fully saturated rings. The van der Waals surface area contributed by atoms with Crippen LogP contribution in [0.2, 0.25) is 5.22 Å². The van der Waals surface area contributed by atoms with Crippen molar-refractivity contribution in [1.29, 1.82) is 0 Å². The Balaban J connectivity index is 3.45. The lowest BCUT2D eigenvalue weighted by molar-refractivity contribution is 0.415. The summed E-state index contributed by atoms with van der Waals surface area (Å²) in [5, 5.41) is 3.00. The maximum absolute atomic E-state index is 10.7. The monoisotopic (exact) mass is 215 g/mol. The minimum atomic E-state index is -3.84. The highest BCUT2D eigenvalue weighted by Gasteiger charge is 2.22. The van der Waals surface area contributed by atoms with E-state index in [2.05, 4.69) is 9.68 Å². The molecule has 1 rings (SSSR count). The van der Waals surface area contributed by atoms with E-state index in [1.807, 2.05) is 0 Å². The van der Waals surface area contributed by atoms with Gasteiger partial charge in [0.05, 0.1) is 0 Å². The van der Waals surface area contributed by atoms with Gasteiger partial charge in [0.2, 0.25) is 5.22 Å². The highest BCUT2D eigenvalue weighted by molar-refractivity contribution is 8.13. The zero-order valence-electron chi connectivity index (χ0n) is 5.34. The van der Waals surface area contributed by atoms with Gasteiger partial charge in [-0.3, -0.25) is 0 Å². The van der Waals surface area contributed by atoms with Crippen LogP contribution in [0.25, 0.3) is 0 Å². The summed E-state index contributed by atoms with van der Waals surface area (Å²) in [5.74, 6) is 0. The van der Waals surface area contributed by atoms with E-state index in [0.29, 0.717) is 0 Å². The average Bonchev–Trinajstić information content (AvgIpc) is 2.08. The summed E-state index contributed by atoms with van der Waals surface area (Å²) in [6.07, 6.45) is 0. The summed E-state index contributed by atoms with van der Waals surface area (Å²) in [6, 6.07) is 0. The molecule has 0 amide bonds. The minimum Gasteiger partial charge on any atom is -0.343 e. The summed E-state index contributed by atoms with van der Waals surface area (Å²) in [6.45, 7) is 1.44. The zero-order valence-corrected chi connectivity index (χ0v) is 7.66. The molecule has 7 heteroatoms. The van der Waals surface area contributed by atoms with Crippen LogP contribution in [0.1, 0.15) is 5.69 Å². The summed E-state index contributed by atoms with van der Waals surface area (Å²) in [5.41, 5.74) is 0.157. The van der Waals surface area contributed by atoms with E-state index in [1.54, 1.807) is 0 Å². The maximum atomic E-state index is 10.7. The van der Waals surface area contributed by atoms with E-state index in [9.17, 15) is 8.42 Å². The van der Waals surface area contributed by atoms with Gasteiger partial charge in [0.15, 0.2) is 4.90 Å². The molecule has 0 aliphatic heterocycles. The molecule has 1 aromatic heterocycles. The first-order valence-electron chi connectivity index (χ1n) is 2.49. The molecule has 1 heterocycles. The largest absolute Gasteiger partial charge is 0.343 e. The predicted octanol–water partition coefficient (Wildman–Crippen LogP) is 1.56. The van der Waals surface area contributed by atoms with Crippen molar-refractivity contribution in [3.63, 3.8) is 0 Å². The molecule has 0 atom stereocenters. The first-order valence-corrected chi connectivity index (χ1v) is 5.18. The Kier molecular flexibility index (Phi) is 2.13. The second kappa shape index (κ2) is 2.66. The van der Waals surface area contributed by atoms with Crippen molar-refractivity contribution in [3.8, 4) is 0 Å². The molecule has 0 aromatic carbocycles. The highest BCUT2D eigenvalue weighted by Crippen LogP contribution is 2.27. The van der Waals surface area contributed by atoms with E-state index in [4.69, 9.17) is 22.3 Å². The molecule has 0 spiro atoms. The number of nitrogens with zero attached hydrogens (tertiary/aromatic N) is 1. The fraction of sp³-hybridized carbons (Fsp3) is 0.250. The van der Waals surface area contributed by atoms with Crippen LogP contribution in [0.4, 0.5) is 0 Å². The number of aromatic nitrogens is 1. The summed E-state index contributed by atoms with van der Waals surface area (Å²) < 4.78 is 25.8. The second-order valence-electron chi connectivity index (χ2n) is 1.81. The van der Waals surface area contributed by atoms with Crippen LogP contribution in [0, 0.1) is 6.92 Å². The van der Waals surface area contributed by atoms with Crippen LogP contribution in [-0.2, 0) is 9.05 Å². The third-order valence-electron chi connectivity index (χ3n) is 1.01. The Labute approximate surface area is 72.5 Å². The molecule has 0 aliphatic carbocycles. The number of hydrogen-bond donors (Lipinski definition) is 0. The molecule has 0 N–H and O–H groups in total. The first-order chi connectivity index (χ1) is 4.93. The van der Waals surface area contributed by atoms with Crippen molar-refractivity contribution in [3.05, 3.63) is 10.9 Å². The Morgan fingerprint density at radius 3 is 2.27 bits per heavy atom. The molecule has 1 aromatic rings. The van der Waals surface area contributed by atoms with E-state index in [1.165, 1.54) is 6.92 Å². The first kappa shape index (κ1) is 8.83. The summed E-state index contributed by atoms with van der Waals surface area (Å²) in [7, 11) is 1.16. The number of hydrogen-bond acceptors (Lipinski definition) is 4. The van der Waals surface area contributed by atoms with E-state index >= 15 is 0 Å². The molecular formula is C4H3Cl2NO3S. The van der Waals surface area contributed by atoms with Crippen LogP contribution in [0.5, 0.6) is 0 Å². The maximum Gasteiger partial charge on any atom is 0.268 e. The fourth-order valence-corrected chi connectivity index (χ4v) is 2.36. The molecular weight excluding hydrogens is 213 g/mol. The van der Waals surface area contributed by atoms with Gasteiger partial charge in [-0.1, -0.05) is 5.16 Å². The molecule has 0 unspecified atom stereocenters. The van der Waals surface area contributed by atoms with Gasteiger partial charge < -0.3 is 4.52 Å². The summed E-state index contributed by atoms with van der Waals surface area (Å²) >= 11 is 5.34. The van der Waals surface area contributed by atoms with Gasteiger partial charge in [-0.25, -0.2) is 8.42 Å². The third kappa shape index (κ3) is 1.66. The van der Waals surface area contributed by atoms with Gasteiger partial charge in [0.25, 0.3) is 9.05 Å². The van der Waals surface area contributed by atoms with Crippen molar-refractivity contribution in [1.82, 2.24) is 5.16 Å². The Morgan fingerprint density at radius 2 is 2.09 bits per heavy atom. The van der Waals surface area contributed by atoms with E-state index in [-0.39, 0.29) is 15.8 Å². The second-order valence-corrected chi connectivity index (χ2v) is 4.65. The lowest BCUT2D eigenvalue weighted by Crippen LogP contribution is -1.91. The molecule has 0 radical (unpaired) electrons. The smallest absolute Gasteiger partial charge is 0.268 e. The normalized spacial score (nSPS) is 11.9. The highest BCUT2D eigenvalue weighted by atomic mass is 35.7. The number of aryl methyl sites for hydroxylation is 1. The van der Waals surface area contributed by atoms with Gasteiger partial charge in [0.1, 0.15) is 5.69 Å². The Bertz CT molecular complexity index is 349. The minimum absolute atomic E-state index is 0.157. The summed E-state index contributed by atoms with van der Waals surface area (Å²) in [4.78, 5) is -0.263. The van der Waals surface area contributed by atoms with Crippen LogP contribution >= 0.6 is 22.3 Å². The standard InChI is InChI=1S/C4H3Cl2NO3S/c1-2-3(11(6,8)9)4(5)10-7-2/h1H3. The topological polar surface area (TPSA) is 60.2 Å². The third-order valence-corrected chi connectivity index (χ3v) is 2.82. The van der Waals surface area contributed by atoms with Crippen LogP contribution < -0.4 is 0 Å². The molecule has 4 nitrogen and oxygen atoms in total. The fourth-order valence-electron chi connectivity index (χ4n) is 0.606. The van der Waals surface area contributed by atoms with E-state index in [0.717, 1.165) is 0 Å². The van der Waals surface area contributed by atoms with Crippen LogP contribution in [0.3, 0.4) is 0 Å². The van der Waals surface area contributed by atoms with Crippen molar-refractivity contribution >= 4 is 31.3 Å². The molecule has 0 bridgehead atoms. The predicted molar refractivity (Wildman–Crippen MR) is 39.3 cm³/mol. The Hall–Kier alpha value is -0.260. The van der Waals surface area contributed by atoms with Crippen molar-refractivity contribution < 1.29 is 12.9 Å². The SMILES string of the molecule is Cc1noc(Cl)c1S(=O)(=O)Cl. The molecule has 0 aliphatic rings. The zero-order chi connectivity index (χ0) is 8.65. The van der Waals surface area contributed by atoms with Gasteiger partial charge >= 0.3 is 0 Å². The Morgan fingerprint density at radius 1 is 1.55 bits per heavy atom. The van der Waals surface area contributed by atoms with Crippen LogP contribution in [0.15, 0.2) is 9.42 Å². The van der Waals surface area contributed by atoms with Gasteiger partial charge in [-0.05, 0) is 18.5 Å². The van der Waals surface area contributed by atoms with E-state index < -0.39 is 9.05 Å². The van der Waals surface area contributed by atoms with Crippen molar-refractivity contribution in [2.75, 3.05) is 0 Å². The van der Waals surface area contributed by atoms with Crippen molar-refractivity contribution in [2.45, 2.75) is 11.8 Å². The lowest BCUT2D eigenvalue weighted by atomic mass is 10.5. The van der Waals surface area contributed by atoms with Gasteiger partial charge in [-0.2, -0.15) is 0 Å². The quantitative estimate of drug-likeness (QED) is 0.668. The molecule has 11 heavy (non-hydrogen) atoms. The molecule has 0 saturated carbocycles. The average molecular weight is 216 g/mol. The lowest BCUT2D eigenvalue weighted by Gasteiger charge is -1.88. The molecule has 0 saturated heterocycles. The van der Waals surface area contributed by atoms with Gasteiger partial charge in [0, 0.05) is 10.7 Å².